The van der Waals surface area contributed by atoms with Crippen LogP contribution >= 0.6 is 0 Å². The molecule has 0 saturated heterocycles. The van der Waals surface area contributed by atoms with Gasteiger partial charge in [0.1, 0.15) is 22.8 Å². The fraction of sp³-hybridized carbons (Fsp3) is 0.500. The lowest BCUT2D eigenvalue weighted by Gasteiger charge is -2.22. The maximum Gasteiger partial charge on any atom is 0.407 e. The topological polar surface area (TPSA) is 125 Å². The standard InChI is InChI=1S/C14H22N2O5/c1-14(2,3)21-13(20)16-7-8(6-15)12-10(18)4-9(17)5-11(12)19/h4-5,8,17-19H,6-7,15H2,1-3H3,(H,16,20). The number of phenolic OH excluding ortho intramolecular Hbond substituents is 3. The first-order valence-corrected chi connectivity index (χ1v) is 6.55. The lowest BCUT2D eigenvalue weighted by atomic mass is 9.97. The van der Waals surface area contributed by atoms with Crippen molar-refractivity contribution in [2.75, 3.05) is 13.1 Å². The zero-order valence-electron chi connectivity index (χ0n) is 12.4. The summed E-state index contributed by atoms with van der Waals surface area (Å²) in [6.07, 6.45) is -0.612. The highest BCUT2D eigenvalue weighted by molar-refractivity contribution is 5.67. The third kappa shape index (κ3) is 5.03. The van der Waals surface area contributed by atoms with Gasteiger partial charge < -0.3 is 31.1 Å². The van der Waals surface area contributed by atoms with Crippen molar-refractivity contribution in [3.05, 3.63) is 17.7 Å². The third-order valence-corrected chi connectivity index (χ3v) is 2.71. The predicted molar refractivity (Wildman–Crippen MR) is 77.5 cm³/mol. The molecule has 0 fully saturated rings. The highest BCUT2D eigenvalue weighted by Gasteiger charge is 2.22. The summed E-state index contributed by atoms with van der Waals surface area (Å²) in [4.78, 5) is 11.6. The molecule has 7 nitrogen and oxygen atoms in total. The van der Waals surface area contributed by atoms with E-state index >= 15 is 0 Å². The first kappa shape index (κ1) is 16.9. The number of aromatic hydroxyl groups is 3. The first-order valence-electron chi connectivity index (χ1n) is 6.55. The molecule has 0 aromatic heterocycles. The molecule has 118 valence electrons. The molecule has 0 aliphatic carbocycles. The Bertz CT molecular complexity index is 488. The molecular weight excluding hydrogens is 276 g/mol. The summed E-state index contributed by atoms with van der Waals surface area (Å²) in [5, 5.41) is 31.4. The van der Waals surface area contributed by atoms with E-state index in [1.54, 1.807) is 20.8 Å². The molecule has 7 heteroatoms. The van der Waals surface area contributed by atoms with Gasteiger partial charge >= 0.3 is 6.09 Å². The number of hydrogen-bond donors (Lipinski definition) is 5. The van der Waals surface area contributed by atoms with Crippen LogP contribution in [0.2, 0.25) is 0 Å². The van der Waals surface area contributed by atoms with Crippen LogP contribution in [0.5, 0.6) is 17.2 Å². The number of carbonyl (C=O) groups is 1. The second-order valence-electron chi connectivity index (χ2n) is 5.71. The number of benzene rings is 1. The van der Waals surface area contributed by atoms with Crippen LogP contribution in [-0.2, 0) is 4.74 Å². The molecule has 0 saturated carbocycles. The molecule has 1 amide bonds. The molecule has 1 rings (SSSR count). The Morgan fingerprint density at radius 2 is 1.81 bits per heavy atom. The SMILES string of the molecule is CC(C)(C)OC(=O)NCC(CN)c1c(O)cc(O)cc1O. The molecule has 1 aromatic carbocycles. The van der Waals surface area contributed by atoms with Gasteiger partial charge in [-0.15, -0.1) is 0 Å². The summed E-state index contributed by atoms with van der Waals surface area (Å²) in [5.74, 6) is -1.34. The molecule has 6 N–H and O–H groups in total. The summed E-state index contributed by atoms with van der Waals surface area (Å²) in [5.41, 5.74) is 5.17. The quantitative estimate of drug-likeness (QED) is 0.571. The van der Waals surface area contributed by atoms with Crippen LogP contribution < -0.4 is 11.1 Å². The van der Waals surface area contributed by atoms with Gasteiger partial charge in [-0.05, 0) is 20.8 Å². The molecule has 0 aliphatic heterocycles. The van der Waals surface area contributed by atoms with Crippen LogP contribution in [0.25, 0.3) is 0 Å². The van der Waals surface area contributed by atoms with Crippen molar-refractivity contribution in [3.63, 3.8) is 0 Å². The van der Waals surface area contributed by atoms with Crippen LogP contribution in [0, 0.1) is 0 Å². The Morgan fingerprint density at radius 3 is 2.24 bits per heavy atom. The lowest BCUT2D eigenvalue weighted by molar-refractivity contribution is 0.0524. The van der Waals surface area contributed by atoms with E-state index in [2.05, 4.69) is 5.32 Å². The summed E-state index contributed by atoms with van der Waals surface area (Å²) >= 11 is 0. The van der Waals surface area contributed by atoms with Crippen LogP contribution in [-0.4, -0.2) is 40.1 Å². The molecule has 0 aliphatic rings. The van der Waals surface area contributed by atoms with Gasteiger partial charge in [0.15, 0.2) is 0 Å². The number of nitrogens with one attached hydrogen (secondary N) is 1. The van der Waals surface area contributed by atoms with Crippen LogP contribution in [0.4, 0.5) is 4.79 Å². The summed E-state index contributed by atoms with van der Waals surface area (Å²) in [7, 11) is 0. The van der Waals surface area contributed by atoms with Crippen molar-refractivity contribution in [1.29, 1.82) is 0 Å². The van der Waals surface area contributed by atoms with Gasteiger partial charge in [0.05, 0.1) is 0 Å². The molecule has 0 heterocycles. The Balaban J connectivity index is 2.79. The second kappa shape index (κ2) is 6.53. The number of carbonyl (C=O) groups excluding carboxylic acids is 1. The van der Waals surface area contributed by atoms with E-state index in [9.17, 15) is 20.1 Å². The fourth-order valence-electron chi connectivity index (χ4n) is 1.85. The zero-order chi connectivity index (χ0) is 16.2. The Hall–Kier alpha value is -2.15. The summed E-state index contributed by atoms with van der Waals surface area (Å²) in [6.45, 7) is 5.39. The van der Waals surface area contributed by atoms with E-state index in [0.717, 1.165) is 12.1 Å². The van der Waals surface area contributed by atoms with Crippen LogP contribution in [0.15, 0.2) is 12.1 Å². The molecule has 0 spiro atoms. The second-order valence-corrected chi connectivity index (χ2v) is 5.71. The van der Waals surface area contributed by atoms with E-state index in [1.807, 2.05) is 0 Å². The molecule has 21 heavy (non-hydrogen) atoms. The fourth-order valence-corrected chi connectivity index (χ4v) is 1.85. The monoisotopic (exact) mass is 298 g/mol. The minimum atomic E-state index is -0.620. The molecule has 1 atom stereocenters. The van der Waals surface area contributed by atoms with E-state index in [4.69, 9.17) is 10.5 Å². The normalized spacial score (nSPS) is 12.8. The van der Waals surface area contributed by atoms with Crippen LogP contribution in [0.1, 0.15) is 32.3 Å². The number of alkyl carbamates (subject to hydrolysis) is 1. The van der Waals surface area contributed by atoms with Gasteiger partial charge in [-0.3, -0.25) is 0 Å². The number of ether oxygens (including phenoxy) is 1. The summed E-state index contributed by atoms with van der Waals surface area (Å²) < 4.78 is 5.09. The van der Waals surface area contributed by atoms with E-state index in [1.165, 1.54) is 0 Å². The van der Waals surface area contributed by atoms with Gasteiger partial charge in [-0.2, -0.15) is 0 Å². The largest absolute Gasteiger partial charge is 0.508 e. The lowest BCUT2D eigenvalue weighted by Crippen LogP contribution is -2.36. The molecule has 0 bridgehead atoms. The van der Waals surface area contributed by atoms with Crippen molar-refractivity contribution in [2.45, 2.75) is 32.3 Å². The minimum absolute atomic E-state index is 0.0807. The van der Waals surface area contributed by atoms with Gasteiger partial charge in [0.2, 0.25) is 0 Å². The Morgan fingerprint density at radius 1 is 1.29 bits per heavy atom. The number of amides is 1. The molecule has 1 unspecified atom stereocenters. The van der Waals surface area contributed by atoms with Gasteiger partial charge in [-0.25, -0.2) is 4.79 Å². The highest BCUT2D eigenvalue weighted by atomic mass is 16.6. The molecule has 0 radical (unpaired) electrons. The van der Waals surface area contributed by atoms with E-state index in [0.29, 0.717) is 0 Å². The number of phenols is 3. The van der Waals surface area contributed by atoms with Crippen molar-refractivity contribution < 1.29 is 24.9 Å². The molecule has 1 aromatic rings. The highest BCUT2D eigenvalue weighted by Crippen LogP contribution is 2.36. The third-order valence-electron chi connectivity index (χ3n) is 2.71. The average molecular weight is 298 g/mol. The first-order chi connectivity index (χ1) is 9.64. The van der Waals surface area contributed by atoms with Crippen molar-refractivity contribution in [3.8, 4) is 17.2 Å². The van der Waals surface area contributed by atoms with Gasteiger partial charge in [0.25, 0.3) is 0 Å². The molecular formula is C14H22N2O5. The van der Waals surface area contributed by atoms with Crippen LogP contribution in [0.3, 0.4) is 0 Å². The van der Waals surface area contributed by atoms with Crippen molar-refractivity contribution >= 4 is 6.09 Å². The smallest absolute Gasteiger partial charge is 0.407 e. The minimum Gasteiger partial charge on any atom is -0.508 e. The Labute approximate surface area is 123 Å². The summed E-state index contributed by atoms with van der Waals surface area (Å²) in [6, 6.07) is 2.20. The van der Waals surface area contributed by atoms with E-state index < -0.39 is 17.6 Å². The number of rotatable bonds is 4. The number of hydrogen-bond acceptors (Lipinski definition) is 6. The van der Waals surface area contributed by atoms with Gasteiger partial charge in [0, 0.05) is 36.7 Å². The maximum absolute atomic E-state index is 11.6. The average Bonchev–Trinajstić information content (AvgIpc) is 2.29. The Kier molecular flexibility index (Phi) is 5.26. The van der Waals surface area contributed by atoms with Gasteiger partial charge in [-0.1, -0.05) is 0 Å². The van der Waals surface area contributed by atoms with E-state index in [-0.39, 0.29) is 35.9 Å². The maximum atomic E-state index is 11.6. The van der Waals surface area contributed by atoms with Crippen molar-refractivity contribution in [1.82, 2.24) is 5.32 Å². The number of nitrogens with two attached hydrogens (primary N) is 1. The van der Waals surface area contributed by atoms with Crippen molar-refractivity contribution in [2.24, 2.45) is 5.73 Å². The predicted octanol–water partition coefficient (Wildman–Crippen LogP) is 1.37. The zero-order valence-corrected chi connectivity index (χ0v) is 12.4.